The summed E-state index contributed by atoms with van der Waals surface area (Å²) in [6, 6.07) is 8.15. The van der Waals surface area contributed by atoms with E-state index in [0.29, 0.717) is 6.79 Å². The number of benzene rings is 1. The molecule has 0 saturated carbocycles. The summed E-state index contributed by atoms with van der Waals surface area (Å²) in [7, 11) is 3.79. The Bertz CT molecular complexity index is 700. The first-order valence-electron chi connectivity index (χ1n) is 7.68. The van der Waals surface area contributed by atoms with Gasteiger partial charge in [0, 0.05) is 39.6 Å². The van der Waals surface area contributed by atoms with Crippen molar-refractivity contribution in [1.82, 2.24) is 15.2 Å². The van der Waals surface area contributed by atoms with Gasteiger partial charge in [-0.1, -0.05) is 6.07 Å². The predicted octanol–water partition coefficient (Wildman–Crippen LogP) is 2.28. The Morgan fingerprint density at radius 2 is 2.00 bits per heavy atom. The van der Waals surface area contributed by atoms with Crippen LogP contribution in [0.3, 0.4) is 0 Å². The highest BCUT2D eigenvalue weighted by Crippen LogP contribution is 2.32. The molecular weight excluding hydrogens is 419 g/mol. The first-order valence-corrected chi connectivity index (χ1v) is 7.68. The molecule has 6 nitrogen and oxygen atoms in total. The SMILES string of the molecule is CN=C(NCCc1ccc2c(c1)OCO2)NCc1ccn(C)c1.I. The van der Waals surface area contributed by atoms with Gasteiger partial charge in [0.15, 0.2) is 17.5 Å². The van der Waals surface area contributed by atoms with Crippen LogP contribution in [-0.4, -0.2) is 30.9 Å². The van der Waals surface area contributed by atoms with Gasteiger partial charge in [0.2, 0.25) is 6.79 Å². The van der Waals surface area contributed by atoms with Gasteiger partial charge in [-0.3, -0.25) is 4.99 Å². The van der Waals surface area contributed by atoms with E-state index in [9.17, 15) is 0 Å². The Morgan fingerprint density at radius 3 is 2.75 bits per heavy atom. The fourth-order valence-electron chi connectivity index (χ4n) is 2.49. The van der Waals surface area contributed by atoms with Gasteiger partial charge < -0.3 is 24.7 Å². The molecule has 7 heteroatoms. The molecule has 0 bridgehead atoms. The largest absolute Gasteiger partial charge is 0.454 e. The first kappa shape index (κ1) is 18.4. The Hall–Kier alpha value is -1.90. The van der Waals surface area contributed by atoms with Crippen LogP contribution in [0.1, 0.15) is 11.1 Å². The number of aromatic nitrogens is 1. The van der Waals surface area contributed by atoms with E-state index < -0.39 is 0 Å². The van der Waals surface area contributed by atoms with Crippen molar-refractivity contribution in [2.75, 3.05) is 20.4 Å². The van der Waals surface area contributed by atoms with Crippen LogP contribution in [0.2, 0.25) is 0 Å². The molecule has 1 aliphatic rings. The van der Waals surface area contributed by atoms with Crippen molar-refractivity contribution in [3.05, 3.63) is 47.8 Å². The maximum atomic E-state index is 5.40. The molecular formula is C17H23IN4O2. The molecule has 24 heavy (non-hydrogen) atoms. The van der Waals surface area contributed by atoms with Gasteiger partial charge in [-0.15, -0.1) is 24.0 Å². The van der Waals surface area contributed by atoms with Gasteiger partial charge in [-0.2, -0.15) is 0 Å². The average Bonchev–Trinajstić information content (AvgIpc) is 3.18. The Labute approximate surface area is 159 Å². The number of guanidine groups is 1. The lowest BCUT2D eigenvalue weighted by molar-refractivity contribution is 0.174. The quantitative estimate of drug-likeness (QED) is 0.424. The van der Waals surface area contributed by atoms with Gasteiger partial charge in [0.1, 0.15) is 0 Å². The summed E-state index contributed by atoms with van der Waals surface area (Å²) >= 11 is 0. The highest BCUT2D eigenvalue weighted by molar-refractivity contribution is 14.0. The van der Waals surface area contributed by atoms with Crippen LogP contribution < -0.4 is 20.1 Å². The van der Waals surface area contributed by atoms with Crippen LogP contribution in [0.25, 0.3) is 0 Å². The summed E-state index contributed by atoms with van der Waals surface area (Å²) in [5.41, 5.74) is 2.44. The molecule has 2 aromatic rings. The third kappa shape index (κ3) is 4.80. The van der Waals surface area contributed by atoms with Crippen molar-refractivity contribution in [3.8, 4) is 11.5 Å². The van der Waals surface area contributed by atoms with E-state index in [2.05, 4.69) is 34.0 Å². The highest BCUT2D eigenvalue weighted by atomic mass is 127. The van der Waals surface area contributed by atoms with Crippen LogP contribution in [0.4, 0.5) is 0 Å². The molecule has 2 N–H and O–H groups in total. The molecule has 0 saturated heterocycles. The third-order valence-electron chi connectivity index (χ3n) is 3.72. The summed E-state index contributed by atoms with van der Waals surface area (Å²) in [6.45, 7) is 1.87. The lowest BCUT2D eigenvalue weighted by atomic mass is 10.1. The first-order chi connectivity index (χ1) is 11.2. The van der Waals surface area contributed by atoms with Gasteiger partial charge >= 0.3 is 0 Å². The minimum Gasteiger partial charge on any atom is -0.454 e. The van der Waals surface area contributed by atoms with Crippen molar-refractivity contribution in [3.63, 3.8) is 0 Å². The minimum atomic E-state index is 0. The Kier molecular flexibility index (Phi) is 6.77. The summed E-state index contributed by atoms with van der Waals surface area (Å²) < 4.78 is 12.8. The van der Waals surface area contributed by atoms with Crippen LogP contribution in [0, 0.1) is 0 Å². The molecule has 0 radical (unpaired) electrons. The van der Waals surface area contributed by atoms with Crippen LogP contribution in [-0.2, 0) is 20.0 Å². The summed E-state index contributed by atoms with van der Waals surface area (Å²) in [4.78, 5) is 4.24. The number of aliphatic imine (C=N–C) groups is 1. The van der Waals surface area contributed by atoms with Gasteiger partial charge in [0.05, 0.1) is 0 Å². The summed E-state index contributed by atoms with van der Waals surface area (Å²) in [6.07, 6.45) is 5.02. The van der Waals surface area contributed by atoms with Crippen molar-refractivity contribution < 1.29 is 9.47 Å². The molecule has 0 amide bonds. The van der Waals surface area contributed by atoms with Crippen molar-refractivity contribution >= 4 is 29.9 Å². The van der Waals surface area contributed by atoms with Gasteiger partial charge in [-0.05, 0) is 35.7 Å². The number of ether oxygens (including phenoxy) is 2. The van der Waals surface area contributed by atoms with Crippen LogP contribution in [0.5, 0.6) is 11.5 Å². The lowest BCUT2D eigenvalue weighted by Crippen LogP contribution is -2.37. The van der Waals surface area contributed by atoms with Crippen LogP contribution in [0.15, 0.2) is 41.7 Å². The molecule has 2 heterocycles. The maximum absolute atomic E-state index is 5.40. The molecule has 0 spiro atoms. The second kappa shape index (κ2) is 8.81. The third-order valence-corrected chi connectivity index (χ3v) is 3.72. The van der Waals surface area contributed by atoms with E-state index in [1.54, 1.807) is 7.05 Å². The molecule has 130 valence electrons. The maximum Gasteiger partial charge on any atom is 0.231 e. The zero-order valence-corrected chi connectivity index (χ0v) is 16.2. The predicted molar refractivity (Wildman–Crippen MR) is 105 cm³/mol. The van der Waals surface area contributed by atoms with Crippen molar-refractivity contribution in [2.45, 2.75) is 13.0 Å². The van der Waals surface area contributed by atoms with Gasteiger partial charge in [-0.25, -0.2) is 0 Å². The lowest BCUT2D eigenvalue weighted by Gasteiger charge is -2.11. The Morgan fingerprint density at radius 1 is 1.17 bits per heavy atom. The number of aryl methyl sites for hydroxylation is 1. The fraction of sp³-hybridized carbons (Fsp3) is 0.353. The number of nitrogens with one attached hydrogen (secondary N) is 2. The smallest absolute Gasteiger partial charge is 0.231 e. The number of hydrogen-bond donors (Lipinski definition) is 2. The van der Waals surface area contributed by atoms with E-state index in [0.717, 1.165) is 37.0 Å². The summed E-state index contributed by atoms with van der Waals surface area (Å²) in [5, 5.41) is 6.63. The second-order valence-electron chi connectivity index (χ2n) is 5.48. The molecule has 0 aliphatic carbocycles. The van der Waals surface area contributed by atoms with E-state index in [1.807, 2.05) is 29.9 Å². The zero-order valence-electron chi connectivity index (χ0n) is 13.9. The normalized spacial score (nSPS) is 12.7. The standard InChI is InChI=1S/C17H22N4O2.HI/c1-18-17(20-10-14-6-8-21(2)11-14)19-7-5-13-3-4-15-16(9-13)23-12-22-15;/h3-4,6,8-9,11H,5,7,10,12H2,1-2H3,(H2,18,19,20);1H. The molecule has 0 fully saturated rings. The number of rotatable bonds is 5. The van der Waals surface area contributed by atoms with E-state index in [4.69, 9.17) is 9.47 Å². The molecule has 1 aromatic heterocycles. The number of hydrogen-bond acceptors (Lipinski definition) is 3. The molecule has 1 aromatic carbocycles. The molecule has 1 aliphatic heterocycles. The van der Waals surface area contributed by atoms with E-state index >= 15 is 0 Å². The molecule has 0 atom stereocenters. The molecule has 3 rings (SSSR count). The fourth-order valence-corrected chi connectivity index (χ4v) is 2.49. The Balaban J connectivity index is 0.00000208. The monoisotopic (exact) mass is 442 g/mol. The highest BCUT2D eigenvalue weighted by Gasteiger charge is 2.12. The molecule has 0 unspecified atom stereocenters. The average molecular weight is 442 g/mol. The number of fused-ring (bicyclic) bond motifs is 1. The van der Waals surface area contributed by atoms with Crippen molar-refractivity contribution in [1.29, 1.82) is 0 Å². The number of nitrogens with zero attached hydrogens (tertiary/aromatic N) is 2. The van der Waals surface area contributed by atoms with Gasteiger partial charge in [0.25, 0.3) is 0 Å². The van der Waals surface area contributed by atoms with E-state index in [-0.39, 0.29) is 24.0 Å². The topological polar surface area (TPSA) is 59.8 Å². The van der Waals surface area contributed by atoms with Crippen LogP contribution >= 0.6 is 24.0 Å². The number of halogens is 1. The minimum absolute atomic E-state index is 0. The van der Waals surface area contributed by atoms with Crippen molar-refractivity contribution in [2.24, 2.45) is 12.0 Å². The second-order valence-corrected chi connectivity index (χ2v) is 5.48. The zero-order chi connectivity index (χ0) is 16.1. The van der Waals surface area contributed by atoms with E-state index in [1.165, 1.54) is 11.1 Å². The summed E-state index contributed by atoms with van der Waals surface area (Å²) in [5.74, 6) is 2.45.